The third kappa shape index (κ3) is 3.01. The van der Waals surface area contributed by atoms with Crippen LogP contribution in [-0.4, -0.2) is 24.4 Å². The van der Waals surface area contributed by atoms with Crippen LogP contribution in [0.2, 0.25) is 0 Å². The maximum absolute atomic E-state index is 11.8. The quantitative estimate of drug-likeness (QED) is 0.784. The number of carbonyl (C=O) groups excluding carboxylic acids is 1. The molecule has 0 saturated heterocycles. The average molecular weight is 236 g/mol. The fourth-order valence-electron chi connectivity index (χ4n) is 0.908. The zero-order valence-corrected chi connectivity index (χ0v) is 8.04. The highest BCUT2D eigenvalue weighted by molar-refractivity contribution is 5.95. The highest BCUT2D eigenvalue weighted by atomic mass is 19.4. The minimum atomic E-state index is -4.88. The Morgan fingerprint density at radius 2 is 2.12 bits per heavy atom. The second kappa shape index (κ2) is 4.25. The van der Waals surface area contributed by atoms with Gasteiger partial charge in [-0.05, 0) is 0 Å². The minimum absolute atomic E-state index is 0.0959. The number of aromatic nitrogens is 1. The van der Waals surface area contributed by atoms with E-state index >= 15 is 0 Å². The summed E-state index contributed by atoms with van der Waals surface area (Å²) in [5.74, 6) is -1.64. The number of halogens is 3. The van der Waals surface area contributed by atoms with Crippen molar-refractivity contribution in [3.8, 4) is 5.88 Å². The molecule has 0 saturated carbocycles. The predicted octanol–water partition coefficient (Wildman–Crippen LogP) is 1.35. The lowest BCUT2D eigenvalue weighted by atomic mass is 10.2. The Morgan fingerprint density at radius 3 is 2.62 bits per heavy atom. The van der Waals surface area contributed by atoms with Gasteiger partial charge in [-0.15, -0.1) is 13.2 Å². The number of carbonyl (C=O) groups is 1. The Hall–Kier alpha value is -1.99. The second-order valence-electron chi connectivity index (χ2n) is 2.65. The molecule has 0 radical (unpaired) electrons. The fraction of sp³-hybridized carbons (Fsp3) is 0.250. The summed E-state index contributed by atoms with van der Waals surface area (Å²) in [6.07, 6.45) is -4.00. The van der Waals surface area contributed by atoms with Crippen molar-refractivity contribution in [2.24, 2.45) is 0 Å². The van der Waals surface area contributed by atoms with Crippen molar-refractivity contribution in [2.45, 2.75) is 6.36 Å². The lowest BCUT2D eigenvalue weighted by Crippen LogP contribution is -2.18. The summed E-state index contributed by atoms with van der Waals surface area (Å²) < 4.78 is 43.4. The molecule has 0 bridgehead atoms. The van der Waals surface area contributed by atoms with Crippen LogP contribution in [0, 0.1) is 0 Å². The van der Waals surface area contributed by atoms with E-state index in [1.165, 1.54) is 0 Å². The molecule has 0 spiro atoms. The van der Waals surface area contributed by atoms with Gasteiger partial charge < -0.3 is 15.2 Å². The molecule has 1 heterocycles. The van der Waals surface area contributed by atoms with E-state index in [1.807, 2.05) is 0 Å². The monoisotopic (exact) mass is 236 g/mol. The molecule has 0 aromatic carbocycles. The van der Waals surface area contributed by atoms with Crippen LogP contribution in [0.4, 0.5) is 18.9 Å². The number of nitrogens with two attached hydrogens (primary N) is 1. The number of nitrogen functional groups attached to an aromatic ring is 1. The van der Waals surface area contributed by atoms with E-state index in [0.29, 0.717) is 0 Å². The molecule has 0 unspecified atom stereocenters. The lowest BCUT2D eigenvalue weighted by molar-refractivity contribution is -0.276. The summed E-state index contributed by atoms with van der Waals surface area (Å²) in [5.41, 5.74) is 4.99. The van der Waals surface area contributed by atoms with E-state index in [9.17, 15) is 18.0 Å². The van der Waals surface area contributed by atoms with Crippen molar-refractivity contribution < 1.29 is 27.4 Å². The summed E-state index contributed by atoms with van der Waals surface area (Å²) in [4.78, 5) is 14.4. The summed E-state index contributed by atoms with van der Waals surface area (Å²) in [5, 5.41) is 0. The van der Waals surface area contributed by atoms with Crippen LogP contribution in [0.5, 0.6) is 5.88 Å². The number of hydrogen-bond acceptors (Lipinski definition) is 5. The molecular formula is C8H7F3N2O3. The van der Waals surface area contributed by atoms with Crippen LogP contribution in [0.1, 0.15) is 10.4 Å². The van der Waals surface area contributed by atoms with Crippen LogP contribution in [0.3, 0.4) is 0 Å². The number of pyridine rings is 1. The number of nitrogens with zero attached hydrogens (tertiary/aromatic N) is 1. The molecule has 5 nitrogen and oxygen atoms in total. The van der Waals surface area contributed by atoms with Gasteiger partial charge in [0.25, 0.3) is 0 Å². The number of rotatable bonds is 2. The first kappa shape index (κ1) is 12.1. The third-order valence-corrected chi connectivity index (χ3v) is 1.54. The minimum Gasteiger partial charge on any atom is -0.465 e. The largest absolute Gasteiger partial charge is 0.574 e. The zero-order valence-electron chi connectivity index (χ0n) is 8.04. The van der Waals surface area contributed by atoms with E-state index in [-0.39, 0.29) is 11.3 Å². The standard InChI is InChI=1S/C8H7F3N2O3/c1-15-7(14)4-2-6(13-3-5(4)12)16-8(9,10)11/h2-3H,12H2,1H3. The molecule has 0 fully saturated rings. The number of hydrogen-bond donors (Lipinski definition) is 1. The highest BCUT2D eigenvalue weighted by Gasteiger charge is 2.32. The average Bonchev–Trinajstić information content (AvgIpc) is 2.18. The van der Waals surface area contributed by atoms with Crippen molar-refractivity contribution in [3.63, 3.8) is 0 Å². The van der Waals surface area contributed by atoms with Gasteiger partial charge in [0.1, 0.15) is 0 Å². The fourth-order valence-corrected chi connectivity index (χ4v) is 0.908. The summed E-state index contributed by atoms with van der Waals surface area (Å²) in [7, 11) is 1.08. The first-order chi connectivity index (χ1) is 7.33. The van der Waals surface area contributed by atoms with Gasteiger partial charge in [0, 0.05) is 6.07 Å². The SMILES string of the molecule is COC(=O)c1cc(OC(F)(F)F)ncc1N. The molecule has 1 aromatic rings. The lowest BCUT2D eigenvalue weighted by Gasteiger charge is -2.09. The van der Waals surface area contributed by atoms with E-state index in [0.717, 1.165) is 19.4 Å². The van der Waals surface area contributed by atoms with Crippen LogP contribution < -0.4 is 10.5 Å². The Kier molecular flexibility index (Phi) is 3.21. The first-order valence-electron chi connectivity index (χ1n) is 3.93. The van der Waals surface area contributed by atoms with Gasteiger partial charge in [0.2, 0.25) is 5.88 Å². The molecule has 0 aliphatic rings. The normalized spacial score (nSPS) is 11.0. The van der Waals surface area contributed by atoms with Crippen molar-refractivity contribution in [2.75, 3.05) is 12.8 Å². The molecule has 1 rings (SSSR count). The first-order valence-corrected chi connectivity index (χ1v) is 3.93. The van der Waals surface area contributed by atoms with E-state index < -0.39 is 18.2 Å². The smallest absolute Gasteiger partial charge is 0.465 e. The molecule has 0 atom stereocenters. The number of methoxy groups -OCH3 is 1. The van der Waals surface area contributed by atoms with Crippen molar-refractivity contribution >= 4 is 11.7 Å². The summed E-state index contributed by atoms with van der Waals surface area (Å²) in [6, 6.07) is 0.759. The van der Waals surface area contributed by atoms with Crippen LogP contribution in [-0.2, 0) is 4.74 Å². The summed E-state index contributed by atoms with van der Waals surface area (Å²) >= 11 is 0. The number of esters is 1. The van der Waals surface area contributed by atoms with Gasteiger partial charge >= 0.3 is 12.3 Å². The summed E-state index contributed by atoms with van der Waals surface area (Å²) in [6.45, 7) is 0. The Balaban J connectivity index is 3.03. The molecule has 16 heavy (non-hydrogen) atoms. The van der Waals surface area contributed by atoms with E-state index in [2.05, 4.69) is 14.5 Å². The number of anilines is 1. The molecule has 0 aliphatic carbocycles. The van der Waals surface area contributed by atoms with Gasteiger partial charge in [-0.2, -0.15) is 0 Å². The van der Waals surface area contributed by atoms with Gasteiger partial charge in [-0.3, -0.25) is 0 Å². The molecule has 1 aromatic heterocycles. The van der Waals surface area contributed by atoms with Crippen LogP contribution in [0.25, 0.3) is 0 Å². The molecule has 0 amide bonds. The molecule has 0 aliphatic heterocycles. The Labute approximate surface area is 88.0 Å². The van der Waals surface area contributed by atoms with Crippen LogP contribution in [0.15, 0.2) is 12.3 Å². The predicted molar refractivity (Wildman–Crippen MR) is 46.7 cm³/mol. The zero-order chi connectivity index (χ0) is 12.3. The maximum Gasteiger partial charge on any atom is 0.574 e. The molecule has 2 N–H and O–H groups in total. The van der Waals surface area contributed by atoms with Gasteiger partial charge in [-0.1, -0.05) is 0 Å². The third-order valence-electron chi connectivity index (χ3n) is 1.54. The highest BCUT2D eigenvalue weighted by Crippen LogP contribution is 2.23. The second-order valence-corrected chi connectivity index (χ2v) is 2.65. The maximum atomic E-state index is 11.8. The Morgan fingerprint density at radius 1 is 1.50 bits per heavy atom. The number of alkyl halides is 3. The van der Waals surface area contributed by atoms with E-state index in [4.69, 9.17) is 5.73 Å². The topological polar surface area (TPSA) is 74.4 Å². The van der Waals surface area contributed by atoms with E-state index in [1.54, 1.807) is 0 Å². The molecule has 88 valence electrons. The van der Waals surface area contributed by atoms with Gasteiger partial charge in [-0.25, -0.2) is 9.78 Å². The van der Waals surface area contributed by atoms with Crippen molar-refractivity contribution in [3.05, 3.63) is 17.8 Å². The van der Waals surface area contributed by atoms with Gasteiger partial charge in [0.15, 0.2) is 0 Å². The van der Waals surface area contributed by atoms with Crippen LogP contribution >= 0.6 is 0 Å². The van der Waals surface area contributed by atoms with Crippen molar-refractivity contribution in [1.82, 2.24) is 4.98 Å². The van der Waals surface area contributed by atoms with Crippen molar-refractivity contribution in [1.29, 1.82) is 0 Å². The van der Waals surface area contributed by atoms with Gasteiger partial charge in [0.05, 0.1) is 24.6 Å². The Bertz CT molecular complexity index is 406. The number of ether oxygens (including phenoxy) is 2. The molecular weight excluding hydrogens is 229 g/mol. The molecule has 8 heteroatoms.